The zero-order valence-electron chi connectivity index (χ0n) is 18.7. The highest BCUT2D eigenvalue weighted by Gasteiger charge is 2.34. The van der Waals surface area contributed by atoms with E-state index < -0.39 is 81.6 Å². The van der Waals surface area contributed by atoms with Crippen molar-refractivity contribution in [1.29, 1.82) is 0 Å². The first-order chi connectivity index (χ1) is 18.0. The predicted octanol–water partition coefficient (Wildman–Crippen LogP) is 8.08. The van der Waals surface area contributed by atoms with Crippen molar-refractivity contribution in [2.24, 2.45) is 0 Å². The minimum atomic E-state index is -2.42. The van der Waals surface area contributed by atoms with Gasteiger partial charge in [-0.2, -0.15) is 0 Å². The fraction of sp³-hybridized carbons (Fsp3) is 0.0769. The molecule has 0 heterocycles. The topological polar surface area (TPSA) is 24.1 Å². The summed E-state index contributed by atoms with van der Waals surface area (Å²) in [6.07, 6.45) is 0. The molecular formula is C26H14F10N2. The van der Waals surface area contributed by atoms with E-state index in [1.54, 1.807) is 0 Å². The van der Waals surface area contributed by atoms with E-state index in [9.17, 15) is 43.9 Å². The zero-order chi connectivity index (χ0) is 27.7. The van der Waals surface area contributed by atoms with Crippen molar-refractivity contribution in [2.45, 2.75) is 12.1 Å². The van der Waals surface area contributed by atoms with Gasteiger partial charge in [-0.3, -0.25) is 0 Å². The molecule has 4 rings (SSSR count). The maximum absolute atomic E-state index is 14.6. The third-order valence-corrected chi connectivity index (χ3v) is 5.67. The van der Waals surface area contributed by atoms with Crippen LogP contribution in [0.1, 0.15) is 23.2 Å². The lowest BCUT2D eigenvalue weighted by Gasteiger charge is -2.32. The smallest absolute Gasteiger partial charge is 0.200 e. The first kappa shape index (κ1) is 26.8. The van der Waals surface area contributed by atoms with E-state index in [1.807, 2.05) is 0 Å². The molecule has 2 atom stereocenters. The average Bonchev–Trinajstić information content (AvgIpc) is 2.94. The third kappa shape index (κ3) is 4.73. The van der Waals surface area contributed by atoms with Gasteiger partial charge in [-0.1, -0.05) is 60.7 Å². The van der Waals surface area contributed by atoms with Gasteiger partial charge in [-0.25, -0.2) is 43.9 Å². The molecule has 0 unspecified atom stereocenters. The van der Waals surface area contributed by atoms with Crippen molar-refractivity contribution in [3.05, 3.63) is 130 Å². The van der Waals surface area contributed by atoms with Crippen LogP contribution in [0, 0.1) is 58.2 Å². The van der Waals surface area contributed by atoms with E-state index in [-0.39, 0.29) is 11.1 Å². The molecule has 0 radical (unpaired) electrons. The molecule has 0 bridgehead atoms. The summed E-state index contributed by atoms with van der Waals surface area (Å²) in [7, 11) is 0. The molecule has 4 aromatic carbocycles. The van der Waals surface area contributed by atoms with Crippen LogP contribution in [-0.4, -0.2) is 0 Å². The summed E-state index contributed by atoms with van der Waals surface area (Å²) in [4.78, 5) is 0. The Morgan fingerprint density at radius 1 is 0.342 bits per heavy atom. The second-order valence-electron chi connectivity index (χ2n) is 7.96. The van der Waals surface area contributed by atoms with E-state index in [4.69, 9.17) is 0 Å². The van der Waals surface area contributed by atoms with Crippen molar-refractivity contribution >= 4 is 11.4 Å². The molecule has 38 heavy (non-hydrogen) atoms. The Labute approximate surface area is 208 Å². The predicted molar refractivity (Wildman–Crippen MR) is 118 cm³/mol. The lowest BCUT2D eigenvalue weighted by atomic mass is 9.92. The summed E-state index contributed by atoms with van der Waals surface area (Å²) in [6, 6.07) is 11.0. The van der Waals surface area contributed by atoms with E-state index in [0.717, 1.165) is 0 Å². The Morgan fingerprint density at radius 2 is 0.579 bits per heavy atom. The lowest BCUT2D eigenvalue weighted by Crippen LogP contribution is -2.28. The van der Waals surface area contributed by atoms with E-state index >= 15 is 0 Å². The van der Waals surface area contributed by atoms with Crippen LogP contribution < -0.4 is 10.6 Å². The molecule has 0 aliphatic rings. The Balaban J connectivity index is 1.94. The Hall–Kier alpha value is -4.22. The maximum Gasteiger partial charge on any atom is 0.200 e. The number of rotatable bonds is 7. The fourth-order valence-electron chi connectivity index (χ4n) is 3.81. The summed E-state index contributed by atoms with van der Waals surface area (Å²) in [5.74, 6) is -22.8. The van der Waals surface area contributed by atoms with Crippen LogP contribution in [0.3, 0.4) is 0 Å². The van der Waals surface area contributed by atoms with E-state index in [1.165, 1.54) is 60.7 Å². The van der Waals surface area contributed by atoms with Gasteiger partial charge in [0.25, 0.3) is 0 Å². The molecule has 4 aromatic rings. The van der Waals surface area contributed by atoms with Crippen molar-refractivity contribution < 1.29 is 43.9 Å². The van der Waals surface area contributed by atoms with Gasteiger partial charge in [0.05, 0.1) is 12.1 Å². The van der Waals surface area contributed by atoms with Crippen LogP contribution >= 0.6 is 0 Å². The van der Waals surface area contributed by atoms with Crippen molar-refractivity contribution in [3.63, 3.8) is 0 Å². The molecule has 12 heteroatoms. The van der Waals surface area contributed by atoms with Crippen LogP contribution in [0.2, 0.25) is 0 Å². The summed E-state index contributed by atoms with van der Waals surface area (Å²) in [5, 5.41) is 4.35. The number of anilines is 2. The van der Waals surface area contributed by atoms with Gasteiger partial charge in [0.15, 0.2) is 46.5 Å². The van der Waals surface area contributed by atoms with Gasteiger partial charge in [0.1, 0.15) is 11.4 Å². The third-order valence-electron chi connectivity index (χ3n) is 5.67. The largest absolute Gasteiger partial charge is 0.371 e. The van der Waals surface area contributed by atoms with Gasteiger partial charge < -0.3 is 10.6 Å². The SMILES string of the molecule is Fc1c(F)c(F)c(N[C@H](c2ccccc2)[C@H](Nc2c(F)c(F)c(F)c(F)c2F)c2ccccc2)c(F)c1F. The molecule has 198 valence electrons. The summed E-state index contributed by atoms with van der Waals surface area (Å²) >= 11 is 0. The second-order valence-corrected chi connectivity index (χ2v) is 7.96. The van der Waals surface area contributed by atoms with Gasteiger partial charge in [-0.15, -0.1) is 0 Å². The minimum absolute atomic E-state index is 0.0849. The second kappa shape index (κ2) is 10.6. The highest BCUT2D eigenvalue weighted by Crippen LogP contribution is 2.39. The van der Waals surface area contributed by atoms with Crippen molar-refractivity contribution in [1.82, 2.24) is 0 Å². The first-order valence-corrected chi connectivity index (χ1v) is 10.7. The molecule has 0 aliphatic carbocycles. The summed E-state index contributed by atoms with van der Waals surface area (Å²) in [5.41, 5.74) is -2.78. The molecule has 0 saturated carbocycles. The number of nitrogens with one attached hydrogen (secondary N) is 2. The van der Waals surface area contributed by atoms with Gasteiger partial charge in [-0.05, 0) is 11.1 Å². The molecule has 0 amide bonds. The quantitative estimate of drug-likeness (QED) is 0.140. The summed E-state index contributed by atoms with van der Waals surface area (Å²) < 4.78 is 141. The van der Waals surface area contributed by atoms with E-state index in [2.05, 4.69) is 10.6 Å². The minimum Gasteiger partial charge on any atom is -0.371 e. The highest BCUT2D eigenvalue weighted by molar-refractivity contribution is 5.54. The fourth-order valence-corrected chi connectivity index (χ4v) is 3.81. The Kier molecular flexibility index (Phi) is 7.51. The zero-order valence-corrected chi connectivity index (χ0v) is 18.7. The molecule has 2 nitrogen and oxygen atoms in total. The number of benzene rings is 4. The lowest BCUT2D eigenvalue weighted by molar-refractivity contribution is 0.378. The number of halogens is 10. The molecule has 0 saturated heterocycles. The van der Waals surface area contributed by atoms with Crippen LogP contribution in [0.4, 0.5) is 55.3 Å². The first-order valence-electron chi connectivity index (χ1n) is 10.7. The molecule has 0 fully saturated rings. The number of hydrogen-bond donors (Lipinski definition) is 2. The summed E-state index contributed by atoms with van der Waals surface area (Å²) in [6.45, 7) is 0. The highest BCUT2D eigenvalue weighted by atomic mass is 19.2. The molecule has 0 spiro atoms. The Morgan fingerprint density at radius 3 is 0.842 bits per heavy atom. The average molecular weight is 544 g/mol. The van der Waals surface area contributed by atoms with Crippen LogP contribution in [-0.2, 0) is 0 Å². The molecule has 0 aliphatic heterocycles. The normalized spacial score (nSPS) is 12.8. The van der Waals surface area contributed by atoms with Crippen molar-refractivity contribution in [3.8, 4) is 0 Å². The van der Waals surface area contributed by atoms with Gasteiger partial charge in [0, 0.05) is 0 Å². The van der Waals surface area contributed by atoms with Gasteiger partial charge in [0.2, 0.25) is 11.6 Å². The maximum atomic E-state index is 14.6. The van der Waals surface area contributed by atoms with E-state index in [0.29, 0.717) is 0 Å². The monoisotopic (exact) mass is 544 g/mol. The Bertz CT molecular complexity index is 1310. The van der Waals surface area contributed by atoms with Crippen LogP contribution in [0.25, 0.3) is 0 Å². The molecule has 0 aromatic heterocycles. The van der Waals surface area contributed by atoms with Gasteiger partial charge >= 0.3 is 0 Å². The standard InChI is InChI=1S/C26H14F10N2/c27-13-15(29)19(33)25(20(34)16(13)30)37-23(11-7-3-1-4-8-11)24(12-9-5-2-6-10-12)38-26-21(35)17(31)14(28)18(32)22(26)36/h1-10,23-24,37-38H/t23-,24-/m1/s1. The molecular weight excluding hydrogens is 530 g/mol. The number of hydrogen-bond acceptors (Lipinski definition) is 2. The van der Waals surface area contributed by atoms with Crippen LogP contribution in [0.5, 0.6) is 0 Å². The van der Waals surface area contributed by atoms with Crippen molar-refractivity contribution in [2.75, 3.05) is 10.6 Å². The molecule has 2 N–H and O–H groups in total. The van der Waals surface area contributed by atoms with Crippen LogP contribution in [0.15, 0.2) is 60.7 Å².